The van der Waals surface area contributed by atoms with Gasteiger partial charge in [0.1, 0.15) is 6.07 Å². The number of hydrogen-bond acceptors (Lipinski definition) is 4. The van der Waals surface area contributed by atoms with Crippen molar-refractivity contribution in [1.29, 1.82) is 5.26 Å². The van der Waals surface area contributed by atoms with E-state index in [1.807, 2.05) is 30.5 Å². The van der Waals surface area contributed by atoms with Crippen LogP contribution in [0.2, 0.25) is 0 Å². The summed E-state index contributed by atoms with van der Waals surface area (Å²) < 4.78 is 1.76. The fourth-order valence-electron chi connectivity index (χ4n) is 1.63. The molecule has 17 heavy (non-hydrogen) atoms. The number of rotatable bonds is 1. The summed E-state index contributed by atoms with van der Waals surface area (Å²) in [6.45, 7) is 0. The number of nitrogens with zero attached hydrogens (tertiary/aromatic N) is 5. The van der Waals surface area contributed by atoms with Crippen LogP contribution in [0.3, 0.4) is 0 Å². The maximum Gasteiger partial charge on any atom is 0.163 e. The molecule has 0 unspecified atom stereocenters. The highest BCUT2D eigenvalue weighted by Crippen LogP contribution is 2.20. The molecule has 0 atom stereocenters. The summed E-state index contributed by atoms with van der Waals surface area (Å²) in [6.07, 6.45) is 6.60. The zero-order valence-corrected chi connectivity index (χ0v) is 8.78. The molecule has 0 aliphatic rings. The molecular formula is C12H7N5. The molecule has 5 nitrogen and oxygen atoms in total. The van der Waals surface area contributed by atoms with E-state index in [9.17, 15) is 0 Å². The van der Waals surface area contributed by atoms with E-state index in [1.54, 1.807) is 10.7 Å². The molecular weight excluding hydrogens is 214 g/mol. The lowest BCUT2D eigenvalue weighted by molar-refractivity contribution is 0.961. The molecule has 5 heteroatoms. The Bertz CT molecular complexity index is 706. The van der Waals surface area contributed by atoms with Crippen LogP contribution in [0.25, 0.3) is 16.9 Å². The number of hydrogen-bond donors (Lipinski definition) is 0. The fraction of sp³-hybridized carbons (Fsp3) is 0. The molecule has 0 saturated heterocycles. The van der Waals surface area contributed by atoms with Crippen molar-refractivity contribution in [3.8, 4) is 17.5 Å². The van der Waals surface area contributed by atoms with Gasteiger partial charge < -0.3 is 0 Å². The van der Waals surface area contributed by atoms with E-state index < -0.39 is 0 Å². The molecule has 3 rings (SSSR count). The van der Waals surface area contributed by atoms with E-state index in [4.69, 9.17) is 5.26 Å². The van der Waals surface area contributed by atoms with Gasteiger partial charge in [-0.25, -0.2) is 14.5 Å². The molecule has 3 aromatic rings. The second kappa shape index (κ2) is 3.68. The lowest BCUT2D eigenvalue weighted by Crippen LogP contribution is -1.89. The second-order valence-electron chi connectivity index (χ2n) is 3.50. The third kappa shape index (κ3) is 1.52. The lowest BCUT2D eigenvalue weighted by atomic mass is 10.2. The van der Waals surface area contributed by atoms with Gasteiger partial charge in [0, 0.05) is 18.6 Å². The first-order chi connectivity index (χ1) is 8.38. The summed E-state index contributed by atoms with van der Waals surface area (Å²) in [5.74, 6) is 0.574. The van der Waals surface area contributed by atoms with Gasteiger partial charge in [0.15, 0.2) is 5.82 Å². The Morgan fingerprint density at radius 1 is 1.12 bits per heavy atom. The minimum atomic E-state index is 0.449. The van der Waals surface area contributed by atoms with E-state index in [1.165, 1.54) is 12.4 Å². The maximum absolute atomic E-state index is 8.68. The van der Waals surface area contributed by atoms with Crippen molar-refractivity contribution in [3.05, 3.63) is 48.5 Å². The van der Waals surface area contributed by atoms with Crippen molar-refractivity contribution < 1.29 is 0 Å². The van der Waals surface area contributed by atoms with Gasteiger partial charge in [0.05, 0.1) is 22.8 Å². The van der Waals surface area contributed by atoms with Crippen LogP contribution >= 0.6 is 0 Å². The average molecular weight is 221 g/mol. The van der Waals surface area contributed by atoms with Crippen LogP contribution in [0.4, 0.5) is 0 Å². The van der Waals surface area contributed by atoms with Crippen molar-refractivity contribution in [3.63, 3.8) is 0 Å². The Kier molecular flexibility index (Phi) is 2.06. The van der Waals surface area contributed by atoms with Gasteiger partial charge in [0.2, 0.25) is 0 Å². The van der Waals surface area contributed by atoms with Crippen molar-refractivity contribution in [2.45, 2.75) is 0 Å². The van der Waals surface area contributed by atoms with Gasteiger partial charge in [0.25, 0.3) is 0 Å². The lowest BCUT2D eigenvalue weighted by Gasteiger charge is -1.97. The van der Waals surface area contributed by atoms with Crippen LogP contribution < -0.4 is 0 Å². The van der Waals surface area contributed by atoms with E-state index in [-0.39, 0.29) is 0 Å². The fourth-order valence-corrected chi connectivity index (χ4v) is 1.63. The molecule has 0 amide bonds. The monoisotopic (exact) mass is 221 g/mol. The molecule has 0 N–H and O–H groups in total. The molecule has 80 valence electrons. The topological polar surface area (TPSA) is 66.9 Å². The molecule has 0 spiro atoms. The SMILES string of the molecule is N#Cc1cnc(-c2cnn3ccccc23)nc1. The molecule has 0 fully saturated rings. The summed E-state index contributed by atoms with van der Waals surface area (Å²) >= 11 is 0. The van der Waals surface area contributed by atoms with Crippen LogP contribution in [-0.2, 0) is 0 Å². The Morgan fingerprint density at radius 2 is 1.94 bits per heavy atom. The van der Waals surface area contributed by atoms with Crippen LogP contribution in [0.1, 0.15) is 5.56 Å². The standard InChI is InChI=1S/C12H7N5/c13-5-9-6-14-12(15-7-9)10-8-16-17-4-2-1-3-11(10)17/h1-4,6-8H. The van der Waals surface area contributed by atoms with Gasteiger partial charge >= 0.3 is 0 Å². The van der Waals surface area contributed by atoms with E-state index in [0.29, 0.717) is 11.4 Å². The van der Waals surface area contributed by atoms with Gasteiger partial charge in [-0.1, -0.05) is 6.07 Å². The molecule has 0 radical (unpaired) electrons. The van der Waals surface area contributed by atoms with Crippen molar-refractivity contribution in [2.75, 3.05) is 0 Å². The van der Waals surface area contributed by atoms with Crippen LogP contribution in [0, 0.1) is 11.3 Å². The van der Waals surface area contributed by atoms with Crippen molar-refractivity contribution in [1.82, 2.24) is 19.6 Å². The highest BCUT2D eigenvalue weighted by atomic mass is 15.2. The molecule has 0 aromatic carbocycles. The predicted molar refractivity (Wildman–Crippen MR) is 60.9 cm³/mol. The molecule has 0 saturated carbocycles. The first-order valence-electron chi connectivity index (χ1n) is 5.03. The summed E-state index contributed by atoms with van der Waals surface area (Å²) in [5.41, 5.74) is 2.25. The highest BCUT2D eigenvalue weighted by molar-refractivity contribution is 5.75. The normalized spacial score (nSPS) is 10.3. The predicted octanol–water partition coefficient (Wildman–Crippen LogP) is 1.66. The van der Waals surface area contributed by atoms with Gasteiger partial charge in [-0.2, -0.15) is 10.4 Å². The van der Waals surface area contributed by atoms with Crippen LogP contribution in [0.5, 0.6) is 0 Å². The van der Waals surface area contributed by atoms with Crippen molar-refractivity contribution >= 4 is 5.52 Å². The average Bonchev–Trinajstić information content (AvgIpc) is 2.83. The van der Waals surface area contributed by atoms with Crippen LogP contribution in [0.15, 0.2) is 43.0 Å². The zero-order chi connectivity index (χ0) is 11.7. The van der Waals surface area contributed by atoms with Crippen molar-refractivity contribution in [2.24, 2.45) is 0 Å². The minimum absolute atomic E-state index is 0.449. The van der Waals surface area contributed by atoms with E-state index in [2.05, 4.69) is 15.1 Å². The minimum Gasteiger partial charge on any atom is -0.240 e. The highest BCUT2D eigenvalue weighted by Gasteiger charge is 2.08. The van der Waals surface area contributed by atoms with E-state index >= 15 is 0 Å². The Morgan fingerprint density at radius 3 is 2.71 bits per heavy atom. The number of nitriles is 1. The molecule has 3 heterocycles. The summed E-state index contributed by atoms with van der Waals surface area (Å²) in [5, 5.41) is 12.9. The Balaban J connectivity index is 2.17. The summed E-state index contributed by atoms with van der Waals surface area (Å²) in [7, 11) is 0. The third-order valence-corrected chi connectivity index (χ3v) is 2.45. The zero-order valence-electron chi connectivity index (χ0n) is 8.78. The van der Waals surface area contributed by atoms with Gasteiger partial charge in [-0.3, -0.25) is 0 Å². The summed E-state index contributed by atoms with van der Waals surface area (Å²) in [6, 6.07) is 7.78. The first-order valence-corrected chi connectivity index (χ1v) is 5.03. The number of aromatic nitrogens is 4. The maximum atomic E-state index is 8.68. The number of pyridine rings is 1. The third-order valence-electron chi connectivity index (χ3n) is 2.45. The smallest absolute Gasteiger partial charge is 0.163 e. The van der Waals surface area contributed by atoms with E-state index in [0.717, 1.165) is 11.1 Å². The summed E-state index contributed by atoms with van der Waals surface area (Å²) in [4.78, 5) is 8.31. The van der Waals surface area contributed by atoms with Gasteiger partial charge in [-0.15, -0.1) is 0 Å². The Labute approximate surface area is 97.0 Å². The first kappa shape index (κ1) is 9.48. The Hall–Kier alpha value is -2.74. The quantitative estimate of drug-likeness (QED) is 0.626. The number of fused-ring (bicyclic) bond motifs is 1. The molecule has 0 aliphatic carbocycles. The largest absolute Gasteiger partial charge is 0.240 e. The molecule has 0 aliphatic heterocycles. The van der Waals surface area contributed by atoms with Gasteiger partial charge in [-0.05, 0) is 12.1 Å². The molecule has 0 bridgehead atoms. The second-order valence-corrected chi connectivity index (χ2v) is 3.50. The van der Waals surface area contributed by atoms with Crippen LogP contribution in [-0.4, -0.2) is 19.6 Å². The molecule has 3 aromatic heterocycles.